The van der Waals surface area contributed by atoms with Crippen LogP contribution in [0.1, 0.15) is 15.9 Å². The number of nitrogens with one attached hydrogen (secondary N) is 1. The van der Waals surface area contributed by atoms with Gasteiger partial charge in [-0.25, -0.2) is 18.4 Å². The first-order valence-corrected chi connectivity index (χ1v) is 8.96. The fraction of sp³-hybridized carbons (Fsp3) is 0.125. The summed E-state index contributed by atoms with van der Waals surface area (Å²) in [7, 11) is -3.95. The molecular weight excluding hydrogens is 368 g/mol. The molecule has 0 aliphatic heterocycles. The van der Waals surface area contributed by atoms with E-state index < -0.39 is 28.5 Å². The van der Waals surface area contributed by atoms with Crippen molar-refractivity contribution in [3.8, 4) is 0 Å². The number of hydrogen-bond acceptors (Lipinski definition) is 5. The summed E-state index contributed by atoms with van der Waals surface area (Å²) in [6.07, 6.45) is 0. The standard InChI is InChI=1S/C16H15ClN2O5S/c1-10-6-7-11(25(18,22)23)8-12(10)16(21)24-9-15(20)19-14-5-3-2-4-13(14)17/h2-8H,9H2,1H3,(H,19,20)(H2,18,22,23). The molecule has 132 valence electrons. The molecule has 0 fully saturated rings. The Balaban J connectivity index is 2.05. The second-order valence-electron chi connectivity index (χ2n) is 5.13. The molecule has 0 spiro atoms. The Hall–Kier alpha value is -2.42. The van der Waals surface area contributed by atoms with Crippen LogP contribution in [0.25, 0.3) is 0 Å². The van der Waals surface area contributed by atoms with Crippen LogP contribution in [-0.4, -0.2) is 26.9 Å². The lowest BCUT2D eigenvalue weighted by Crippen LogP contribution is -2.21. The molecule has 0 heterocycles. The molecule has 0 aromatic heterocycles. The molecule has 0 bridgehead atoms. The summed E-state index contributed by atoms with van der Waals surface area (Å²) in [5.41, 5.74) is 0.888. The number of rotatable bonds is 5. The summed E-state index contributed by atoms with van der Waals surface area (Å²) in [5.74, 6) is -1.42. The number of halogens is 1. The number of aryl methyl sites for hydroxylation is 1. The van der Waals surface area contributed by atoms with Crippen molar-refractivity contribution in [3.05, 3.63) is 58.6 Å². The number of nitrogens with two attached hydrogens (primary N) is 1. The molecule has 0 saturated heterocycles. The van der Waals surface area contributed by atoms with Gasteiger partial charge in [0.1, 0.15) is 0 Å². The number of sulfonamides is 1. The van der Waals surface area contributed by atoms with Crippen LogP contribution in [0.3, 0.4) is 0 Å². The molecule has 0 atom stereocenters. The molecule has 25 heavy (non-hydrogen) atoms. The second kappa shape index (κ2) is 7.64. The van der Waals surface area contributed by atoms with E-state index in [-0.39, 0.29) is 10.5 Å². The van der Waals surface area contributed by atoms with Crippen LogP contribution < -0.4 is 10.5 Å². The number of carbonyl (C=O) groups is 2. The summed E-state index contributed by atoms with van der Waals surface area (Å²) < 4.78 is 27.7. The number of para-hydroxylation sites is 1. The SMILES string of the molecule is Cc1ccc(S(N)(=O)=O)cc1C(=O)OCC(=O)Nc1ccccc1Cl. The van der Waals surface area contributed by atoms with Gasteiger partial charge in [0.25, 0.3) is 5.91 Å². The van der Waals surface area contributed by atoms with Gasteiger partial charge in [-0.1, -0.05) is 29.8 Å². The van der Waals surface area contributed by atoms with Gasteiger partial charge < -0.3 is 10.1 Å². The van der Waals surface area contributed by atoms with E-state index in [1.54, 1.807) is 31.2 Å². The summed E-state index contributed by atoms with van der Waals surface area (Å²) in [6, 6.07) is 10.4. The van der Waals surface area contributed by atoms with Gasteiger partial charge >= 0.3 is 5.97 Å². The molecule has 0 aliphatic carbocycles. The van der Waals surface area contributed by atoms with Crippen molar-refractivity contribution < 1.29 is 22.7 Å². The van der Waals surface area contributed by atoms with Crippen molar-refractivity contribution in [1.82, 2.24) is 0 Å². The van der Waals surface area contributed by atoms with Crippen LogP contribution in [0, 0.1) is 6.92 Å². The highest BCUT2D eigenvalue weighted by Gasteiger charge is 2.17. The van der Waals surface area contributed by atoms with Gasteiger partial charge in [0.15, 0.2) is 6.61 Å². The lowest BCUT2D eigenvalue weighted by atomic mass is 10.1. The number of carbonyl (C=O) groups excluding carboxylic acids is 2. The van der Waals surface area contributed by atoms with Crippen LogP contribution >= 0.6 is 11.6 Å². The minimum Gasteiger partial charge on any atom is -0.452 e. The molecule has 2 rings (SSSR count). The Morgan fingerprint density at radius 2 is 1.88 bits per heavy atom. The highest BCUT2D eigenvalue weighted by Crippen LogP contribution is 2.20. The number of esters is 1. The van der Waals surface area contributed by atoms with Crippen molar-refractivity contribution in [1.29, 1.82) is 0 Å². The molecular formula is C16H15ClN2O5S. The minimum atomic E-state index is -3.95. The van der Waals surface area contributed by atoms with E-state index in [1.807, 2.05) is 0 Å². The highest BCUT2D eigenvalue weighted by atomic mass is 35.5. The predicted molar refractivity (Wildman–Crippen MR) is 92.9 cm³/mol. The zero-order valence-corrected chi connectivity index (χ0v) is 14.7. The number of benzene rings is 2. The van der Waals surface area contributed by atoms with E-state index >= 15 is 0 Å². The van der Waals surface area contributed by atoms with Crippen LogP contribution in [0.2, 0.25) is 5.02 Å². The maximum Gasteiger partial charge on any atom is 0.338 e. The van der Waals surface area contributed by atoms with Gasteiger partial charge in [-0.2, -0.15) is 0 Å². The Morgan fingerprint density at radius 3 is 2.52 bits per heavy atom. The van der Waals surface area contributed by atoms with Crippen molar-refractivity contribution in [2.24, 2.45) is 5.14 Å². The Kier molecular flexibility index (Phi) is 5.78. The third-order valence-electron chi connectivity index (χ3n) is 3.24. The van der Waals surface area contributed by atoms with Gasteiger partial charge in [-0.05, 0) is 36.8 Å². The zero-order valence-electron chi connectivity index (χ0n) is 13.2. The fourth-order valence-electron chi connectivity index (χ4n) is 1.96. The first kappa shape index (κ1) is 18.9. The summed E-state index contributed by atoms with van der Waals surface area (Å²) >= 11 is 5.92. The van der Waals surface area contributed by atoms with Gasteiger partial charge in [0.05, 0.1) is 21.2 Å². The normalized spacial score (nSPS) is 11.0. The highest BCUT2D eigenvalue weighted by molar-refractivity contribution is 7.89. The average molecular weight is 383 g/mol. The topological polar surface area (TPSA) is 116 Å². The molecule has 0 unspecified atom stereocenters. The molecule has 0 saturated carbocycles. The van der Waals surface area contributed by atoms with Crippen molar-refractivity contribution >= 4 is 39.2 Å². The van der Waals surface area contributed by atoms with Gasteiger partial charge in [-0.15, -0.1) is 0 Å². The number of hydrogen-bond donors (Lipinski definition) is 2. The molecule has 7 nitrogen and oxygen atoms in total. The van der Waals surface area contributed by atoms with E-state index in [0.29, 0.717) is 16.3 Å². The molecule has 2 aromatic carbocycles. The lowest BCUT2D eigenvalue weighted by molar-refractivity contribution is -0.119. The van der Waals surface area contributed by atoms with Crippen molar-refractivity contribution in [3.63, 3.8) is 0 Å². The quantitative estimate of drug-likeness (QED) is 0.768. The Bertz CT molecular complexity index is 928. The molecule has 2 aromatic rings. The van der Waals surface area contributed by atoms with Gasteiger partial charge in [0, 0.05) is 0 Å². The monoisotopic (exact) mass is 382 g/mol. The molecule has 0 radical (unpaired) electrons. The molecule has 3 N–H and O–H groups in total. The van der Waals surface area contributed by atoms with E-state index in [9.17, 15) is 18.0 Å². The maximum absolute atomic E-state index is 12.1. The largest absolute Gasteiger partial charge is 0.452 e. The molecule has 9 heteroatoms. The molecule has 1 amide bonds. The first-order chi connectivity index (χ1) is 11.7. The van der Waals surface area contributed by atoms with Crippen LogP contribution in [-0.2, 0) is 19.6 Å². The van der Waals surface area contributed by atoms with E-state index in [2.05, 4.69) is 5.32 Å². The summed E-state index contributed by atoms with van der Waals surface area (Å²) in [6.45, 7) is 1.05. The Labute approximate surface area is 149 Å². The van der Waals surface area contributed by atoms with E-state index in [4.69, 9.17) is 21.5 Å². The fourth-order valence-corrected chi connectivity index (χ4v) is 2.68. The number of primary sulfonamides is 1. The predicted octanol–water partition coefficient (Wildman–Crippen LogP) is 2.09. The van der Waals surface area contributed by atoms with E-state index in [1.165, 1.54) is 12.1 Å². The van der Waals surface area contributed by atoms with Crippen molar-refractivity contribution in [2.75, 3.05) is 11.9 Å². The zero-order chi connectivity index (χ0) is 18.6. The summed E-state index contributed by atoms with van der Waals surface area (Å²) in [4.78, 5) is 23.7. The van der Waals surface area contributed by atoms with Crippen LogP contribution in [0.15, 0.2) is 47.4 Å². The number of amides is 1. The number of ether oxygens (including phenoxy) is 1. The van der Waals surface area contributed by atoms with Gasteiger partial charge in [0.2, 0.25) is 10.0 Å². The third-order valence-corrected chi connectivity index (χ3v) is 4.48. The Morgan fingerprint density at radius 1 is 1.20 bits per heavy atom. The maximum atomic E-state index is 12.1. The van der Waals surface area contributed by atoms with Crippen LogP contribution in [0.5, 0.6) is 0 Å². The average Bonchev–Trinajstić information content (AvgIpc) is 2.54. The number of anilines is 1. The van der Waals surface area contributed by atoms with E-state index in [0.717, 1.165) is 6.07 Å². The minimum absolute atomic E-state index is 0.0112. The molecule has 0 aliphatic rings. The van der Waals surface area contributed by atoms with Crippen LogP contribution in [0.4, 0.5) is 5.69 Å². The second-order valence-corrected chi connectivity index (χ2v) is 7.09. The third kappa shape index (κ3) is 5.02. The summed E-state index contributed by atoms with van der Waals surface area (Å²) in [5, 5.41) is 7.89. The van der Waals surface area contributed by atoms with Gasteiger partial charge in [-0.3, -0.25) is 4.79 Å². The smallest absolute Gasteiger partial charge is 0.338 e. The van der Waals surface area contributed by atoms with Crippen molar-refractivity contribution in [2.45, 2.75) is 11.8 Å². The lowest BCUT2D eigenvalue weighted by Gasteiger charge is -2.10. The first-order valence-electron chi connectivity index (χ1n) is 7.03.